The van der Waals surface area contributed by atoms with Crippen molar-refractivity contribution in [1.82, 2.24) is 10.3 Å². The Morgan fingerprint density at radius 2 is 1.95 bits per heavy atom. The standard InChI is InChI=1S/C14H13BrN2O2/c15-12-3-1-2-4-13(12)19-10-14(18)17-9-11-5-7-16-8-6-11/h1-8H,9-10H2,(H,17,18). The molecule has 4 nitrogen and oxygen atoms in total. The predicted molar refractivity (Wildman–Crippen MR) is 75.7 cm³/mol. The fraction of sp³-hybridized carbons (Fsp3) is 0.143. The Labute approximate surface area is 119 Å². The number of hydrogen-bond donors (Lipinski definition) is 1. The Balaban J connectivity index is 1.78. The van der Waals surface area contributed by atoms with Crippen LogP contribution in [0.5, 0.6) is 5.75 Å². The number of nitrogens with zero attached hydrogens (tertiary/aromatic N) is 1. The second-order valence-corrected chi connectivity index (χ2v) is 4.71. The quantitative estimate of drug-likeness (QED) is 0.921. The lowest BCUT2D eigenvalue weighted by molar-refractivity contribution is -0.123. The van der Waals surface area contributed by atoms with Crippen LogP contribution < -0.4 is 10.1 Å². The summed E-state index contributed by atoms with van der Waals surface area (Å²) in [5, 5.41) is 2.78. The van der Waals surface area contributed by atoms with Crippen molar-refractivity contribution < 1.29 is 9.53 Å². The van der Waals surface area contributed by atoms with Crippen molar-refractivity contribution in [2.75, 3.05) is 6.61 Å². The first-order chi connectivity index (χ1) is 9.25. The predicted octanol–water partition coefficient (Wildman–Crippen LogP) is 2.54. The van der Waals surface area contributed by atoms with Crippen LogP contribution in [0.3, 0.4) is 0 Å². The van der Waals surface area contributed by atoms with Gasteiger partial charge < -0.3 is 10.1 Å². The molecule has 0 fully saturated rings. The number of hydrogen-bond acceptors (Lipinski definition) is 3. The fourth-order valence-corrected chi connectivity index (χ4v) is 1.86. The Morgan fingerprint density at radius 3 is 2.68 bits per heavy atom. The molecular formula is C14H13BrN2O2. The molecule has 98 valence electrons. The van der Waals surface area contributed by atoms with Crippen LogP contribution in [0.2, 0.25) is 0 Å². The normalized spacial score (nSPS) is 9.95. The molecule has 0 aliphatic carbocycles. The third kappa shape index (κ3) is 4.37. The summed E-state index contributed by atoms with van der Waals surface area (Å²) in [7, 11) is 0. The molecule has 1 N–H and O–H groups in total. The van der Waals surface area contributed by atoms with Gasteiger partial charge in [0.1, 0.15) is 5.75 Å². The lowest BCUT2D eigenvalue weighted by atomic mass is 10.3. The van der Waals surface area contributed by atoms with Crippen molar-refractivity contribution in [2.45, 2.75) is 6.54 Å². The average Bonchev–Trinajstić information content (AvgIpc) is 2.45. The van der Waals surface area contributed by atoms with Crippen molar-refractivity contribution in [3.63, 3.8) is 0 Å². The Kier molecular flexibility index (Phi) is 4.92. The molecule has 0 aliphatic rings. The van der Waals surface area contributed by atoms with E-state index in [-0.39, 0.29) is 12.5 Å². The van der Waals surface area contributed by atoms with E-state index in [1.165, 1.54) is 0 Å². The van der Waals surface area contributed by atoms with Gasteiger partial charge in [-0.3, -0.25) is 9.78 Å². The number of nitrogens with one attached hydrogen (secondary N) is 1. The zero-order valence-electron chi connectivity index (χ0n) is 10.2. The largest absolute Gasteiger partial charge is 0.483 e. The molecule has 5 heteroatoms. The van der Waals surface area contributed by atoms with E-state index in [9.17, 15) is 4.79 Å². The molecular weight excluding hydrogens is 308 g/mol. The molecule has 1 aromatic heterocycles. The summed E-state index contributed by atoms with van der Waals surface area (Å²) in [6.45, 7) is 0.467. The van der Waals surface area contributed by atoms with Gasteiger partial charge in [-0.2, -0.15) is 0 Å². The van der Waals surface area contributed by atoms with Gasteiger partial charge in [-0.15, -0.1) is 0 Å². The molecule has 1 heterocycles. The van der Waals surface area contributed by atoms with Gasteiger partial charge in [0.05, 0.1) is 4.47 Å². The van der Waals surface area contributed by atoms with Crippen LogP contribution >= 0.6 is 15.9 Å². The number of pyridine rings is 1. The minimum absolute atomic E-state index is 0.00625. The molecule has 1 amide bonds. The highest BCUT2D eigenvalue weighted by Gasteiger charge is 2.04. The number of halogens is 1. The lowest BCUT2D eigenvalue weighted by Gasteiger charge is -2.08. The van der Waals surface area contributed by atoms with Crippen molar-refractivity contribution in [3.05, 3.63) is 58.8 Å². The SMILES string of the molecule is O=C(COc1ccccc1Br)NCc1ccncc1. The smallest absolute Gasteiger partial charge is 0.258 e. The highest BCUT2D eigenvalue weighted by Crippen LogP contribution is 2.23. The molecule has 2 rings (SSSR count). The van der Waals surface area contributed by atoms with Gasteiger partial charge in [0.15, 0.2) is 6.61 Å². The first-order valence-corrected chi connectivity index (χ1v) is 6.58. The van der Waals surface area contributed by atoms with Crippen LogP contribution in [0.25, 0.3) is 0 Å². The van der Waals surface area contributed by atoms with Gasteiger partial charge >= 0.3 is 0 Å². The van der Waals surface area contributed by atoms with Crippen molar-refractivity contribution in [3.8, 4) is 5.75 Å². The van der Waals surface area contributed by atoms with Crippen molar-refractivity contribution >= 4 is 21.8 Å². The highest BCUT2D eigenvalue weighted by molar-refractivity contribution is 9.10. The number of benzene rings is 1. The summed E-state index contributed by atoms with van der Waals surface area (Å²) in [5.74, 6) is 0.495. The first-order valence-electron chi connectivity index (χ1n) is 5.78. The number of para-hydroxylation sites is 1. The van der Waals surface area contributed by atoms with Gasteiger partial charge in [-0.05, 0) is 45.8 Å². The molecule has 0 radical (unpaired) electrons. The zero-order valence-corrected chi connectivity index (χ0v) is 11.8. The third-order valence-electron chi connectivity index (χ3n) is 2.43. The minimum atomic E-state index is -0.160. The number of aromatic nitrogens is 1. The maximum atomic E-state index is 11.6. The van der Waals surface area contributed by atoms with Gasteiger partial charge in [0.25, 0.3) is 5.91 Å². The number of rotatable bonds is 5. The number of amides is 1. The summed E-state index contributed by atoms with van der Waals surface area (Å²) < 4.78 is 6.25. The van der Waals surface area contributed by atoms with Gasteiger partial charge in [-0.25, -0.2) is 0 Å². The summed E-state index contributed by atoms with van der Waals surface area (Å²) in [5.41, 5.74) is 1.00. The lowest BCUT2D eigenvalue weighted by Crippen LogP contribution is -2.28. The second kappa shape index (κ2) is 6.89. The summed E-state index contributed by atoms with van der Waals surface area (Å²) >= 11 is 3.36. The molecule has 0 saturated heterocycles. The van der Waals surface area contributed by atoms with E-state index in [1.807, 2.05) is 30.3 Å². The Morgan fingerprint density at radius 1 is 1.21 bits per heavy atom. The molecule has 0 unspecified atom stereocenters. The number of carbonyl (C=O) groups is 1. The topological polar surface area (TPSA) is 51.2 Å². The Hall–Kier alpha value is -1.88. The van der Waals surface area contributed by atoms with Crippen LogP contribution in [0.1, 0.15) is 5.56 Å². The second-order valence-electron chi connectivity index (χ2n) is 3.85. The van der Waals surface area contributed by atoms with E-state index in [0.29, 0.717) is 12.3 Å². The summed E-state index contributed by atoms with van der Waals surface area (Å²) in [6, 6.07) is 11.1. The van der Waals surface area contributed by atoms with Crippen molar-refractivity contribution in [1.29, 1.82) is 0 Å². The van der Waals surface area contributed by atoms with Gasteiger partial charge in [0.2, 0.25) is 0 Å². The van der Waals surface area contributed by atoms with Crippen molar-refractivity contribution in [2.24, 2.45) is 0 Å². The van der Waals surface area contributed by atoms with Crippen LogP contribution in [0.4, 0.5) is 0 Å². The Bertz CT molecular complexity index is 546. The molecule has 0 bridgehead atoms. The van der Waals surface area contributed by atoms with E-state index in [4.69, 9.17) is 4.74 Å². The van der Waals surface area contributed by atoms with E-state index >= 15 is 0 Å². The van der Waals surface area contributed by atoms with E-state index < -0.39 is 0 Å². The molecule has 2 aromatic rings. The molecule has 0 aliphatic heterocycles. The molecule has 0 atom stereocenters. The molecule has 19 heavy (non-hydrogen) atoms. The number of carbonyl (C=O) groups excluding carboxylic acids is 1. The van der Waals surface area contributed by atoms with Crippen LogP contribution in [0.15, 0.2) is 53.3 Å². The van der Waals surface area contributed by atoms with Gasteiger partial charge in [0, 0.05) is 18.9 Å². The van der Waals surface area contributed by atoms with Crippen LogP contribution in [-0.2, 0) is 11.3 Å². The minimum Gasteiger partial charge on any atom is -0.483 e. The summed E-state index contributed by atoms with van der Waals surface area (Å²) in [6.07, 6.45) is 3.39. The fourth-order valence-electron chi connectivity index (χ4n) is 1.46. The summed E-state index contributed by atoms with van der Waals surface area (Å²) in [4.78, 5) is 15.5. The molecule has 0 saturated carbocycles. The average molecular weight is 321 g/mol. The van der Waals surface area contributed by atoms with Crippen LogP contribution in [0, 0.1) is 0 Å². The number of ether oxygens (including phenoxy) is 1. The zero-order chi connectivity index (χ0) is 13.5. The van der Waals surface area contributed by atoms with E-state index in [0.717, 1.165) is 10.0 Å². The van der Waals surface area contributed by atoms with E-state index in [2.05, 4.69) is 26.2 Å². The van der Waals surface area contributed by atoms with Crippen LogP contribution in [-0.4, -0.2) is 17.5 Å². The van der Waals surface area contributed by atoms with E-state index in [1.54, 1.807) is 18.5 Å². The highest BCUT2D eigenvalue weighted by atomic mass is 79.9. The molecule has 1 aromatic carbocycles. The first kappa shape index (κ1) is 13.5. The third-order valence-corrected chi connectivity index (χ3v) is 3.09. The monoisotopic (exact) mass is 320 g/mol. The molecule has 0 spiro atoms. The maximum absolute atomic E-state index is 11.6. The van der Waals surface area contributed by atoms with Gasteiger partial charge in [-0.1, -0.05) is 12.1 Å². The maximum Gasteiger partial charge on any atom is 0.258 e.